The third kappa shape index (κ3) is 2.81. The van der Waals surface area contributed by atoms with Gasteiger partial charge in [-0.25, -0.2) is 0 Å². The SMILES string of the molecule is COCC(C)N(C)C(=O)c1cccc2c1OCCN2. The summed E-state index contributed by atoms with van der Waals surface area (Å²) in [6.45, 7) is 3.81. The van der Waals surface area contributed by atoms with Gasteiger partial charge in [-0.15, -0.1) is 0 Å². The monoisotopic (exact) mass is 264 g/mol. The van der Waals surface area contributed by atoms with Gasteiger partial charge in [0.1, 0.15) is 6.61 Å². The van der Waals surface area contributed by atoms with Crippen molar-refractivity contribution in [3.8, 4) is 5.75 Å². The molecule has 19 heavy (non-hydrogen) atoms. The summed E-state index contributed by atoms with van der Waals surface area (Å²) in [5, 5.41) is 3.23. The van der Waals surface area contributed by atoms with Crippen LogP contribution < -0.4 is 10.1 Å². The number of hydrogen-bond acceptors (Lipinski definition) is 4. The first-order valence-corrected chi connectivity index (χ1v) is 6.41. The van der Waals surface area contributed by atoms with Gasteiger partial charge in [0.25, 0.3) is 5.91 Å². The molecular weight excluding hydrogens is 244 g/mol. The number of fused-ring (bicyclic) bond motifs is 1. The zero-order valence-electron chi connectivity index (χ0n) is 11.6. The van der Waals surface area contributed by atoms with E-state index in [1.807, 2.05) is 19.1 Å². The Morgan fingerprint density at radius 1 is 1.58 bits per heavy atom. The van der Waals surface area contributed by atoms with Gasteiger partial charge in [0.2, 0.25) is 0 Å². The molecule has 0 saturated heterocycles. The van der Waals surface area contributed by atoms with Crippen LogP contribution in [-0.4, -0.2) is 50.8 Å². The van der Waals surface area contributed by atoms with Crippen LogP contribution in [0.4, 0.5) is 5.69 Å². The molecule has 1 amide bonds. The summed E-state index contributed by atoms with van der Waals surface area (Å²) in [6, 6.07) is 5.60. The molecule has 0 saturated carbocycles. The molecule has 0 radical (unpaired) electrons. The van der Waals surface area contributed by atoms with Crippen LogP contribution in [0.15, 0.2) is 18.2 Å². The van der Waals surface area contributed by atoms with Crippen molar-refractivity contribution < 1.29 is 14.3 Å². The first-order chi connectivity index (χ1) is 9.15. The second-order valence-electron chi connectivity index (χ2n) is 4.68. The zero-order chi connectivity index (χ0) is 13.8. The van der Waals surface area contributed by atoms with Crippen LogP contribution in [0.2, 0.25) is 0 Å². The summed E-state index contributed by atoms with van der Waals surface area (Å²) < 4.78 is 10.7. The van der Waals surface area contributed by atoms with E-state index in [2.05, 4.69) is 5.32 Å². The molecule has 1 aromatic carbocycles. The second kappa shape index (κ2) is 5.93. The van der Waals surface area contributed by atoms with Crippen LogP contribution in [-0.2, 0) is 4.74 Å². The Balaban J connectivity index is 2.24. The molecule has 0 aromatic heterocycles. The normalized spacial score (nSPS) is 14.9. The minimum atomic E-state index is -0.0508. The predicted octanol–water partition coefficient (Wildman–Crippen LogP) is 1.60. The number of nitrogens with one attached hydrogen (secondary N) is 1. The van der Waals surface area contributed by atoms with Crippen LogP contribution in [0.5, 0.6) is 5.75 Å². The Kier molecular flexibility index (Phi) is 4.27. The van der Waals surface area contributed by atoms with Crippen LogP contribution in [0.1, 0.15) is 17.3 Å². The molecule has 1 aliphatic rings. The Hall–Kier alpha value is -1.75. The molecular formula is C14H20N2O3. The third-order valence-electron chi connectivity index (χ3n) is 3.30. The largest absolute Gasteiger partial charge is 0.489 e. The molecule has 0 aliphatic carbocycles. The molecule has 1 heterocycles. The van der Waals surface area contributed by atoms with Crippen molar-refractivity contribution in [1.82, 2.24) is 4.90 Å². The highest BCUT2D eigenvalue weighted by Gasteiger charge is 2.23. The lowest BCUT2D eigenvalue weighted by Gasteiger charge is -2.27. The first-order valence-electron chi connectivity index (χ1n) is 6.41. The van der Waals surface area contributed by atoms with Gasteiger partial charge in [0.05, 0.1) is 23.9 Å². The summed E-state index contributed by atoms with van der Waals surface area (Å²) in [4.78, 5) is 14.2. The number of likely N-dealkylation sites (N-methyl/N-ethyl adjacent to an activating group) is 1. The molecule has 1 N–H and O–H groups in total. The standard InChI is InChI=1S/C14H20N2O3/c1-10(9-18-3)16(2)14(17)11-5-4-6-12-13(11)19-8-7-15-12/h4-6,10,15H,7-9H2,1-3H3. The van der Waals surface area contributed by atoms with Crippen LogP contribution >= 0.6 is 0 Å². The van der Waals surface area contributed by atoms with Gasteiger partial charge < -0.3 is 19.7 Å². The number of amides is 1. The van der Waals surface area contributed by atoms with Gasteiger partial charge in [-0.1, -0.05) is 6.07 Å². The Bertz CT molecular complexity index is 462. The second-order valence-corrected chi connectivity index (χ2v) is 4.68. The summed E-state index contributed by atoms with van der Waals surface area (Å²) >= 11 is 0. The smallest absolute Gasteiger partial charge is 0.257 e. The van der Waals surface area contributed by atoms with E-state index in [0.29, 0.717) is 24.5 Å². The fraction of sp³-hybridized carbons (Fsp3) is 0.500. The van der Waals surface area contributed by atoms with Crippen LogP contribution in [0.25, 0.3) is 0 Å². The van der Waals surface area contributed by atoms with E-state index in [9.17, 15) is 4.79 Å². The van der Waals surface area contributed by atoms with Crippen molar-refractivity contribution in [1.29, 1.82) is 0 Å². The van der Waals surface area contributed by atoms with E-state index in [1.54, 1.807) is 25.1 Å². The number of benzene rings is 1. The maximum atomic E-state index is 12.5. The van der Waals surface area contributed by atoms with E-state index >= 15 is 0 Å². The Labute approximate surface area is 113 Å². The quantitative estimate of drug-likeness (QED) is 0.897. The number of hydrogen-bond donors (Lipinski definition) is 1. The number of methoxy groups -OCH3 is 1. The molecule has 1 aromatic rings. The van der Waals surface area contributed by atoms with Crippen molar-refractivity contribution in [2.45, 2.75) is 13.0 Å². The molecule has 0 fully saturated rings. The number of rotatable bonds is 4. The Morgan fingerprint density at radius 2 is 2.37 bits per heavy atom. The van der Waals surface area contributed by atoms with Crippen LogP contribution in [0, 0.1) is 0 Å². The average molecular weight is 264 g/mol. The highest BCUT2D eigenvalue weighted by atomic mass is 16.5. The molecule has 104 valence electrons. The predicted molar refractivity (Wildman–Crippen MR) is 73.9 cm³/mol. The van der Waals surface area contributed by atoms with Crippen molar-refractivity contribution in [2.75, 3.05) is 39.2 Å². The highest BCUT2D eigenvalue weighted by molar-refractivity contribution is 5.99. The van der Waals surface area contributed by atoms with Gasteiger partial charge in [-0.2, -0.15) is 0 Å². The number of para-hydroxylation sites is 1. The minimum absolute atomic E-state index is 0.0184. The molecule has 5 nitrogen and oxygen atoms in total. The fourth-order valence-electron chi connectivity index (χ4n) is 2.08. The summed E-state index contributed by atoms with van der Waals surface area (Å²) in [5.41, 5.74) is 1.47. The third-order valence-corrected chi connectivity index (χ3v) is 3.30. The van der Waals surface area contributed by atoms with Crippen molar-refractivity contribution in [3.05, 3.63) is 23.8 Å². The van der Waals surface area contributed by atoms with E-state index in [0.717, 1.165) is 12.2 Å². The van der Waals surface area contributed by atoms with Gasteiger partial charge in [0, 0.05) is 20.7 Å². The number of carbonyl (C=O) groups is 1. The Morgan fingerprint density at radius 3 is 3.11 bits per heavy atom. The number of carbonyl (C=O) groups excluding carboxylic acids is 1. The van der Waals surface area contributed by atoms with E-state index in [-0.39, 0.29) is 11.9 Å². The van der Waals surface area contributed by atoms with Gasteiger partial charge in [0.15, 0.2) is 5.75 Å². The van der Waals surface area contributed by atoms with E-state index < -0.39 is 0 Å². The zero-order valence-corrected chi connectivity index (χ0v) is 11.6. The lowest BCUT2D eigenvalue weighted by molar-refractivity contribution is 0.0629. The summed E-state index contributed by atoms with van der Waals surface area (Å²) in [5.74, 6) is 0.598. The summed E-state index contributed by atoms with van der Waals surface area (Å²) in [7, 11) is 3.41. The van der Waals surface area contributed by atoms with E-state index in [1.165, 1.54) is 0 Å². The van der Waals surface area contributed by atoms with Crippen molar-refractivity contribution >= 4 is 11.6 Å². The number of ether oxygens (including phenoxy) is 2. The van der Waals surface area contributed by atoms with Crippen LogP contribution in [0.3, 0.4) is 0 Å². The van der Waals surface area contributed by atoms with Crippen molar-refractivity contribution in [3.63, 3.8) is 0 Å². The van der Waals surface area contributed by atoms with E-state index in [4.69, 9.17) is 9.47 Å². The fourth-order valence-corrected chi connectivity index (χ4v) is 2.08. The van der Waals surface area contributed by atoms with Gasteiger partial charge in [-0.3, -0.25) is 4.79 Å². The topological polar surface area (TPSA) is 50.8 Å². The minimum Gasteiger partial charge on any atom is -0.489 e. The van der Waals surface area contributed by atoms with Gasteiger partial charge in [-0.05, 0) is 19.1 Å². The first kappa shape index (κ1) is 13.7. The molecule has 2 rings (SSSR count). The highest BCUT2D eigenvalue weighted by Crippen LogP contribution is 2.32. The maximum absolute atomic E-state index is 12.5. The molecule has 1 aliphatic heterocycles. The summed E-state index contributed by atoms with van der Waals surface area (Å²) in [6.07, 6.45) is 0. The number of anilines is 1. The number of nitrogens with zero attached hydrogens (tertiary/aromatic N) is 1. The lowest BCUT2D eigenvalue weighted by atomic mass is 10.1. The lowest BCUT2D eigenvalue weighted by Crippen LogP contribution is -2.38. The molecule has 1 unspecified atom stereocenters. The molecule has 1 atom stereocenters. The maximum Gasteiger partial charge on any atom is 0.257 e. The average Bonchev–Trinajstić information content (AvgIpc) is 2.45. The van der Waals surface area contributed by atoms with Gasteiger partial charge >= 0.3 is 0 Å². The molecule has 0 bridgehead atoms. The molecule has 0 spiro atoms. The van der Waals surface area contributed by atoms with Crippen molar-refractivity contribution in [2.24, 2.45) is 0 Å². The molecule has 5 heteroatoms.